The Kier molecular flexibility index (Phi) is 5.39. The van der Waals surface area contributed by atoms with Crippen molar-refractivity contribution >= 4 is 23.5 Å². The number of allylic oxidation sites excluding steroid dienone is 2. The number of amides is 1. The number of nitrogens with one attached hydrogen (secondary N) is 1. The van der Waals surface area contributed by atoms with Crippen molar-refractivity contribution in [3.8, 4) is 0 Å². The van der Waals surface area contributed by atoms with Crippen LogP contribution in [0.15, 0.2) is 36.4 Å². The second kappa shape index (κ2) is 7.29. The molecule has 0 aliphatic heterocycles. The molecule has 0 heterocycles. The summed E-state index contributed by atoms with van der Waals surface area (Å²) in [5.74, 6) is -2.39. The van der Waals surface area contributed by atoms with Crippen molar-refractivity contribution in [3.63, 3.8) is 0 Å². The molecular formula is C18H21NO5. The maximum absolute atomic E-state index is 12.5. The highest BCUT2D eigenvalue weighted by Crippen LogP contribution is 2.38. The smallest absolute Gasteiger partial charge is 0.338 e. The van der Waals surface area contributed by atoms with Crippen LogP contribution in [0.25, 0.3) is 0 Å². The predicted molar refractivity (Wildman–Crippen MR) is 88.6 cm³/mol. The first kappa shape index (κ1) is 17.7. The van der Waals surface area contributed by atoms with Gasteiger partial charge in [0.05, 0.1) is 23.5 Å². The lowest BCUT2D eigenvalue weighted by Gasteiger charge is -2.34. The number of carboxylic acids is 1. The largest absolute Gasteiger partial charge is 0.481 e. The van der Waals surface area contributed by atoms with Crippen molar-refractivity contribution in [2.24, 2.45) is 11.3 Å². The molecule has 0 bridgehead atoms. The molecule has 0 saturated heterocycles. The van der Waals surface area contributed by atoms with Gasteiger partial charge in [0.2, 0.25) is 5.91 Å². The van der Waals surface area contributed by atoms with Crippen LogP contribution in [0.2, 0.25) is 0 Å². The molecule has 1 aromatic rings. The van der Waals surface area contributed by atoms with Gasteiger partial charge in [-0.3, -0.25) is 9.59 Å². The second-order valence-electron chi connectivity index (χ2n) is 5.97. The summed E-state index contributed by atoms with van der Waals surface area (Å²) in [5.41, 5.74) is -0.217. The average Bonchev–Trinajstić information content (AvgIpc) is 2.56. The number of ether oxygens (including phenoxy) is 1. The summed E-state index contributed by atoms with van der Waals surface area (Å²) in [6.07, 6.45) is 4.34. The zero-order chi connectivity index (χ0) is 17.7. The molecular weight excluding hydrogens is 310 g/mol. The van der Waals surface area contributed by atoms with E-state index in [2.05, 4.69) is 5.32 Å². The van der Waals surface area contributed by atoms with Crippen LogP contribution in [0.4, 0.5) is 5.69 Å². The normalized spacial score (nSPS) is 22.7. The lowest BCUT2D eigenvalue weighted by atomic mass is 9.69. The van der Waals surface area contributed by atoms with Crippen molar-refractivity contribution in [2.75, 3.05) is 11.9 Å². The van der Waals surface area contributed by atoms with Crippen LogP contribution in [-0.2, 0) is 14.3 Å². The minimum atomic E-state index is -1.12. The molecule has 6 heteroatoms. The number of esters is 1. The Balaban J connectivity index is 2.10. The van der Waals surface area contributed by atoms with Gasteiger partial charge in [0.15, 0.2) is 0 Å². The number of aliphatic carboxylic acids is 1. The zero-order valence-electron chi connectivity index (χ0n) is 13.7. The van der Waals surface area contributed by atoms with Gasteiger partial charge in [-0.05, 0) is 51.0 Å². The molecule has 0 saturated carbocycles. The van der Waals surface area contributed by atoms with Crippen molar-refractivity contribution in [1.82, 2.24) is 0 Å². The number of benzene rings is 1. The highest BCUT2D eigenvalue weighted by Gasteiger charge is 2.45. The Labute approximate surface area is 140 Å². The second-order valence-corrected chi connectivity index (χ2v) is 5.97. The monoisotopic (exact) mass is 331 g/mol. The van der Waals surface area contributed by atoms with E-state index in [1.54, 1.807) is 44.2 Å². The molecule has 2 rings (SSSR count). The summed E-state index contributed by atoms with van der Waals surface area (Å²) in [6, 6.07) is 6.32. The van der Waals surface area contributed by atoms with E-state index in [9.17, 15) is 19.5 Å². The number of hydrogen-bond acceptors (Lipinski definition) is 4. The Bertz CT molecular complexity index is 664. The first-order valence-electron chi connectivity index (χ1n) is 7.85. The molecule has 0 spiro atoms. The van der Waals surface area contributed by atoms with Crippen LogP contribution in [0.3, 0.4) is 0 Å². The number of carbonyl (C=O) groups excluding carboxylic acids is 2. The fourth-order valence-corrected chi connectivity index (χ4v) is 2.73. The van der Waals surface area contributed by atoms with E-state index in [-0.39, 0.29) is 5.91 Å². The van der Waals surface area contributed by atoms with E-state index in [0.717, 1.165) is 0 Å². The van der Waals surface area contributed by atoms with Crippen molar-refractivity contribution in [2.45, 2.75) is 26.7 Å². The summed E-state index contributed by atoms with van der Waals surface area (Å²) < 4.78 is 4.90. The number of rotatable bonds is 5. The van der Waals surface area contributed by atoms with Gasteiger partial charge in [0, 0.05) is 5.69 Å². The van der Waals surface area contributed by atoms with Gasteiger partial charge in [-0.1, -0.05) is 12.2 Å². The molecule has 2 N–H and O–H groups in total. The lowest BCUT2D eigenvalue weighted by Crippen LogP contribution is -2.43. The molecule has 1 aliphatic carbocycles. The predicted octanol–water partition coefficient (Wildman–Crippen LogP) is 2.86. The van der Waals surface area contributed by atoms with Gasteiger partial charge in [0.1, 0.15) is 0 Å². The van der Waals surface area contributed by atoms with Crippen LogP contribution >= 0.6 is 0 Å². The molecule has 1 aromatic carbocycles. The third kappa shape index (κ3) is 3.64. The molecule has 2 unspecified atom stereocenters. The Morgan fingerprint density at radius 3 is 2.50 bits per heavy atom. The number of carbonyl (C=O) groups is 3. The fourth-order valence-electron chi connectivity index (χ4n) is 2.73. The van der Waals surface area contributed by atoms with Crippen LogP contribution in [0.5, 0.6) is 0 Å². The quantitative estimate of drug-likeness (QED) is 0.639. The van der Waals surface area contributed by atoms with Crippen molar-refractivity contribution in [1.29, 1.82) is 0 Å². The summed E-state index contributed by atoms with van der Waals surface area (Å²) in [7, 11) is 0. The molecule has 128 valence electrons. The topological polar surface area (TPSA) is 92.7 Å². The van der Waals surface area contributed by atoms with Crippen LogP contribution in [-0.4, -0.2) is 29.6 Å². The van der Waals surface area contributed by atoms with Gasteiger partial charge in [-0.25, -0.2) is 4.79 Å². The van der Waals surface area contributed by atoms with Gasteiger partial charge >= 0.3 is 11.9 Å². The third-order valence-corrected chi connectivity index (χ3v) is 4.32. The maximum Gasteiger partial charge on any atom is 0.338 e. The minimum Gasteiger partial charge on any atom is -0.481 e. The summed E-state index contributed by atoms with van der Waals surface area (Å²) in [5, 5.41) is 12.2. The van der Waals surface area contributed by atoms with Gasteiger partial charge in [-0.2, -0.15) is 0 Å². The number of hydrogen-bond donors (Lipinski definition) is 2. The fraction of sp³-hybridized carbons (Fsp3) is 0.389. The van der Waals surface area contributed by atoms with Crippen LogP contribution in [0.1, 0.15) is 37.0 Å². The number of anilines is 1. The van der Waals surface area contributed by atoms with E-state index in [4.69, 9.17) is 4.74 Å². The molecule has 0 fully saturated rings. The maximum atomic E-state index is 12.5. The minimum absolute atomic E-state index is 0.292. The number of carboxylic acid groups (broad SMARTS) is 1. The third-order valence-electron chi connectivity index (χ3n) is 4.32. The first-order valence-corrected chi connectivity index (χ1v) is 7.85. The van der Waals surface area contributed by atoms with E-state index >= 15 is 0 Å². The lowest BCUT2D eigenvalue weighted by molar-refractivity contribution is -0.154. The van der Waals surface area contributed by atoms with Crippen LogP contribution in [0, 0.1) is 11.3 Å². The molecule has 1 aliphatic rings. The highest BCUT2D eigenvalue weighted by molar-refractivity contribution is 5.97. The van der Waals surface area contributed by atoms with E-state index in [1.807, 2.05) is 6.08 Å². The zero-order valence-corrected chi connectivity index (χ0v) is 13.7. The van der Waals surface area contributed by atoms with Crippen molar-refractivity contribution in [3.05, 3.63) is 42.0 Å². The van der Waals surface area contributed by atoms with Crippen LogP contribution < -0.4 is 5.32 Å². The van der Waals surface area contributed by atoms with E-state index in [0.29, 0.717) is 30.7 Å². The Morgan fingerprint density at radius 1 is 1.25 bits per heavy atom. The molecule has 1 amide bonds. The Morgan fingerprint density at radius 2 is 1.92 bits per heavy atom. The van der Waals surface area contributed by atoms with Gasteiger partial charge in [-0.15, -0.1) is 0 Å². The molecule has 6 nitrogen and oxygen atoms in total. The summed E-state index contributed by atoms with van der Waals surface area (Å²) in [4.78, 5) is 35.7. The summed E-state index contributed by atoms with van der Waals surface area (Å²) in [6.45, 7) is 3.61. The van der Waals surface area contributed by atoms with Gasteiger partial charge in [0.25, 0.3) is 0 Å². The summed E-state index contributed by atoms with van der Waals surface area (Å²) >= 11 is 0. The van der Waals surface area contributed by atoms with Crippen molar-refractivity contribution < 1.29 is 24.2 Å². The first-order chi connectivity index (χ1) is 11.4. The molecule has 24 heavy (non-hydrogen) atoms. The molecule has 0 aromatic heterocycles. The highest BCUT2D eigenvalue weighted by atomic mass is 16.5. The van der Waals surface area contributed by atoms with E-state index in [1.165, 1.54) is 0 Å². The standard InChI is InChI=1S/C18H21NO5/c1-3-24-16(21)12-7-9-13(10-8-12)19-15(20)14-6-4-5-11-18(14,2)17(22)23/h4-5,7-10,14H,3,6,11H2,1-2H3,(H,19,20)(H,22,23). The molecule has 0 radical (unpaired) electrons. The van der Waals surface area contributed by atoms with E-state index < -0.39 is 23.3 Å². The average molecular weight is 331 g/mol. The Hall–Kier alpha value is -2.63. The van der Waals surface area contributed by atoms with Gasteiger partial charge < -0.3 is 15.2 Å². The SMILES string of the molecule is CCOC(=O)c1ccc(NC(=O)C2CC=CCC2(C)C(=O)O)cc1. The molecule has 2 atom stereocenters.